The minimum Gasteiger partial charge on any atom is -0.300 e. The monoisotopic (exact) mass is 1290 g/mol. The summed E-state index contributed by atoms with van der Waals surface area (Å²) < 4.78 is 80.1. The number of aromatic nitrogens is 6. The molecule has 14 rings (SSSR count). The van der Waals surface area contributed by atoms with E-state index in [1.165, 1.54) is 26.0 Å². The number of halogens is 6. The van der Waals surface area contributed by atoms with Crippen molar-refractivity contribution in [1.29, 1.82) is 0 Å². The van der Waals surface area contributed by atoms with Crippen molar-refractivity contribution in [1.82, 2.24) is 29.9 Å². The molecule has 0 fully saturated rings. The van der Waals surface area contributed by atoms with Gasteiger partial charge in [-0.25, -0.2) is 9.97 Å². The van der Waals surface area contributed by atoms with Crippen LogP contribution in [0.15, 0.2) is 206 Å². The van der Waals surface area contributed by atoms with Crippen molar-refractivity contribution in [2.24, 2.45) is 0 Å². The van der Waals surface area contributed by atoms with Crippen molar-refractivity contribution in [3.8, 4) is 67.8 Å². The number of rotatable bonds is 8. The topological polar surface area (TPSA) is 111 Å². The van der Waals surface area contributed by atoms with Crippen molar-refractivity contribution in [3.05, 3.63) is 230 Å². The van der Waals surface area contributed by atoms with Crippen LogP contribution in [-0.2, 0) is 42.0 Å². The number of Topliss-reactive ketones (excluding diaryl/α,β-unsaturated/α-hetero) is 2. The maximum atomic E-state index is 13.3. The molecule has 0 amide bonds. The van der Waals surface area contributed by atoms with Gasteiger partial charge in [0.25, 0.3) is 0 Å². The second-order valence-corrected chi connectivity index (χ2v) is 19.8. The standard InChI is InChI=1S/2C32H17F3N3.C5H8O2.Ir/c2*33-32(34,35)22-13-7-12-21(18-22)31-36-25-16-14-23-27-24(15-17-26(37-31)28(25)27)30(20-10-5-2-6-11-20)38-29(23)19-8-3-1-4-9-19;1-4(6)3-5(2)7;/h2*1-11,13-18H;3H2,1-2H3;/q2*-1;;. The zero-order chi connectivity index (χ0) is 57.6. The van der Waals surface area contributed by atoms with Gasteiger partial charge in [-0.15, -0.1) is 59.7 Å². The average Bonchev–Trinajstić information content (AvgIpc) is 1.58. The summed E-state index contributed by atoms with van der Waals surface area (Å²) in [6, 6.07) is 67.9. The number of pyridine rings is 2. The molecule has 0 aliphatic carbocycles. The van der Waals surface area contributed by atoms with E-state index in [2.05, 4.69) is 12.1 Å². The third-order valence-corrected chi connectivity index (χ3v) is 14.0. The van der Waals surface area contributed by atoms with Crippen LogP contribution < -0.4 is 0 Å². The Morgan fingerprint density at radius 1 is 0.369 bits per heavy atom. The van der Waals surface area contributed by atoms with Crippen molar-refractivity contribution in [3.63, 3.8) is 0 Å². The number of alkyl halides is 6. The second-order valence-electron chi connectivity index (χ2n) is 19.8. The van der Waals surface area contributed by atoms with E-state index < -0.39 is 23.5 Å². The van der Waals surface area contributed by atoms with Crippen molar-refractivity contribution in [2.45, 2.75) is 32.6 Å². The maximum absolute atomic E-state index is 13.3. The summed E-state index contributed by atoms with van der Waals surface area (Å²) in [7, 11) is 0. The zero-order valence-corrected chi connectivity index (χ0v) is 46.8. The van der Waals surface area contributed by atoms with Crippen LogP contribution in [0.1, 0.15) is 31.4 Å². The molecule has 4 heterocycles. The van der Waals surface area contributed by atoms with Crippen LogP contribution in [0.25, 0.3) is 133 Å². The first kappa shape index (κ1) is 56.2. The normalized spacial score (nSPS) is 11.6. The molecule has 0 saturated heterocycles. The predicted molar refractivity (Wildman–Crippen MR) is 313 cm³/mol. The molecule has 15 heteroatoms. The summed E-state index contributed by atoms with van der Waals surface area (Å²) in [6.45, 7) is 2.81. The second kappa shape index (κ2) is 22.9. The summed E-state index contributed by atoms with van der Waals surface area (Å²) in [6.07, 6.45) is -8.84. The van der Waals surface area contributed by atoms with E-state index >= 15 is 0 Å². The molecule has 0 spiro atoms. The van der Waals surface area contributed by atoms with Crippen molar-refractivity contribution < 1.29 is 56.0 Å². The average molecular weight is 1290 g/mol. The molecule has 4 aromatic heterocycles. The number of carbonyl (C=O) groups is 2. The number of carbonyl (C=O) groups excluding carboxylic acids is 2. The van der Waals surface area contributed by atoms with E-state index in [0.717, 1.165) is 112 Å². The van der Waals surface area contributed by atoms with Crippen LogP contribution in [0.4, 0.5) is 26.3 Å². The van der Waals surface area contributed by atoms with Crippen molar-refractivity contribution in [2.75, 3.05) is 0 Å². The third-order valence-electron chi connectivity index (χ3n) is 14.0. The molecule has 84 heavy (non-hydrogen) atoms. The van der Waals surface area contributed by atoms with Gasteiger partial charge in [0.2, 0.25) is 0 Å². The van der Waals surface area contributed by atoms with E-state index in [1.807, 2.05) is 170 Å². The Morgan fingerprint density at radius 3 is 0.881 bits per heavy atom. The van der Waals surface area contributed by atoms with Gasteiger partial charge in [-0.1, -0.05) is 146 Å². The van der Waals surface area contributed by atoms with Gasteiger partial charge in [-0.2, -0.15) is 26.3 Å². The van der Waals surface area contributed by atoms with E-state index in [4.69, 9.17) is 29.9 Å². The smallest absolute Gasteiger partial charge is 0.300 e. The van der Waals surface area contributed by atoms with Gasteiger partial charge in [0.05, 0.1) is 62.9 Å². The van der Waals surface area contributed by atoms with Crippen LogP contribution in [-0.4, -0.2) is 41.5 Å². The molecule has 0 unspecified atom stereocenters. The summed E-state index contributed by atoms with van der Waals surface area (Å²) in [5, 5.41) is 7.52. The Labute approximate surface area is 490 Å². The fourth-order valence-corrected chi connectivity index (χ4v) is 10.5. The van der Waals surface area contributed by atoms with Gasteiger partial charge in [0, 0.05) is 85.4 Å². The molecule has 1 radical (unpaired) electrons. The minimum atomic E-state index is -4.46. The first-order chi connectivity index (χ1) is 40.1. The van der Waals surface area contributed by atoms with Gasteiger partial charge >= 0.3 is 12.4 Å². The number of hydrogen-bond acceptors (Lipinski definition) is 8. The Kier molecular flexibility index (Phi) is 15.3. The fourth-order valence-electron chi connectivity index (χ4n) is 10.5. The summed E-state index contributed by atoms with van der Waals surface area (Å²) in [4.78, 5) is 49.1. The summed E-state index contributed by atoms with van der Waals surface area (Å²) in [5.41, 5.74) is 8.83. The van der Waals surface area contributed by atoms with E-state index in [-0.39, 0.29) is 60.9 Å². The first-order valence-electron chi connectivity index (χ1n) is 26.2. The molecule has 0 saturated carbocycles. The SMILES string of the molecule is CC(=O)CC(C)=O.FC(F)(F)c1cc[c-]c(-c2nc3ccc4c(-c5ccccc5)nc(-c5ccccc5)c5ccc(n2)c3c45)c1.FC(F)(F)c1cc[c-]c(-c2nc3ccc4c(-c5ccccc5)nc(-c5ccccc5)c5ccc(n2)c3c45)c1.[Ir]. The summed E-state index contributed by atoms with van der Waals surface area (Å²) in [5.74, 6) is 0.276. The Balaban J connectivity index is 0.000000156. The Hall–Kier alpha value is -9.69. The fraction of sp³-hybridized carbons (Fsp3) is 0.0725. The quantitative estimate of drug-likeness (QED) is 0.0640. The molecule has 0 aliphatic rings. The van der Waals surface area contributed by atoms with Crippen LogP contribution in [0, 0.1) is 12.1 Å². The molecular weight excluding hydrogens is 1250 g/mol. The number of ketones is 2. The Morgan fingerprint density at radius 2 is 0.643 bits per heavy atom. The first-order valence-corrected chi connectivity index (χ1v) is 26.2. The molecule has 413 valence electrons. The molecule has 8 nitrogen and oxygen atoms in total. The molecule has 14 aromatic rings. The molecule has 0 N–H and O–H groups in total. The zero-order valence-electron chi connectivity index (χ0n) is 44.4. The van der Waals surface area contributed by atoms with Crippen LogP contribution in [0.2, 0.25) is 0 Å². The maximum Gasteiger partial charge on any atom is 0.399 e. The van der Waals surface area contributed by atoms with Gasteiger partial charge in [-0.3, -0.25) is 29.5 Å². The van der Waals surface area contributed by atoms with Gasteiger partial charge in [-0.05, 0) is 49.2 Å². The van der Waals surface area contributed by atoms with E-state index in [9.17, 15) is 35.9 Å². The largest absolute Gasteiger partial charge is 0.399 e. The minimum absolute atomic E-state index is 0. The molecule has 0 bridgehead atoms. The molecule has 10 aromatic carbocycles. The number of hydrogen-bond donors (Lipinski definition) is 0. The summed E-state index contributed by atoms with van der Waals surface area (Å²) >= 11 is 0. The van der Waals surface area contributed by atoms with E-state index in [0.29, 0.717) is 22.1 Å². The van der Waals surface area contributed by atoms with Crippen LogP contribution in [0.5, 0.6) is 0 Å². The van der Waals surface area contributed by atoms with Gasteiger partial charge in [0.15, 0.2) is 0 Å². The van der Waals surface area contributed by atoms with Crippen LogP contribution in [0.3, 0.4) is 0 Å². The van der Waals surface area contributed by atoms with Crippen LogP contribution >= 0.6 is 0 Å². The Bertz CT molecular complexity index is 4230. The molecular formula is C69H42F6IrN6O2-2. The number of benzene rings is 10. The third kappa shape index (κ3) is 11.1. The molecule has 0 atom stereocenters. The van der Waals surface area contributed by atoms with Crippen molar-refractivity contribution >= 4 is 76.7 Å². The van der Waals surface area contributed by atoms with Gasteiger partial charge in [0.1, 0.15) is 11.6 Å². The van der Waals surface area contributed by atoms with E-state index in [1.54, 1.807) is 0 Å². The predicted octanol–water partition coefficient (Wildman–Crippen LogP) is 17.7. The van der Waals surface area contributed by atoms with Gasteiger partial charge < -0.3 is 0 Å². The number of nitrogens with zero attached hydrogens (tertiary/aromatic N) is 6. The molecule has 0 aliphatic heterocycles.